The van der Waals surface area contributed by atoms with Crippen LogP contribution in [0.2, 0.25) is 0 Å². The molecule has 0 aliphatic rings. The number of hydrogen-bond donors (Lipinski definition) is 1. The Hall–Kier alpha value is -3.46. The molecule has 4 rings (SSSR count). The van der Waals surface area contributed by atoms with E-state index in [9.17, 15) is 14.4 Å². The summed E-state index contributed by atoms with van der Waals surface area (Å²) in [4.78, 5) is 42.1. The zero-order valence-electron chi connectivity index (χ0n) is 15.2. The van der Waals surface area contributed by atoms with Crippen molar-refractivity contribution in [1.82, 2.24) is 18.7 Å². The van der Waals surface area contributed by atoms with Gasteiger partial charge in [-0.05, 0) is 29.1 Å². The second kappa shape index (κ2) is 6.93. The van der Waals surface area contributed by atoms with Gasteiger partial charge in [0.05, 0.1) is 6.33 Å². The second-order valence-electron chi connectivity index (χ2n) is 6.35. The van der Waals surface area contributed by atoms with Gasteiger partial charge in [0.1, 0.15) is 6.54 Å². The van der Waals surface area contributed by atoms with Crippen LogP contribution in [0.15, 0.2) is 57.7 Å². The minimum Gasteiger partial charge on any atom is -0.325 e. The Morgan fingerprint density at radius 2 is 1.86 bits per heavy atom. The van der Waals surface area contributed by atoms with Crippen LogP contribution in [0.3, 0.4) is 0 Å². The third-order valence-electron chi connectivity index (χ3n) is 4.51. The van der Waals surface area contributed by atoms with Crippen LogP contribution in [0.1, 0.15) is 0 Å². The number of hydrogen-bond acceptors (Lipinski definition) is 5. The molecule has 3 heterocycles. The van der Waals surface area contributed by atoms with E-state index in [2.05, 4.69) is 10.3 Å². The lowest BCUT2D eigenvalue weighted by Gasteiger charge is -2.08. The number of aryl methyl sites for hydroxylation is 1. The predicted octanol–water partition coefficient (Wildman–Crippen LogP) is 1.80. The molecule has 9 heteroatoms. The highest BCUT2D eigenvalue weighted by Gasteiger charge is 2.16. The Morgan fingerprint density at radius 3 is 2.54 bits per heavy atom. The minimum absolute atomic E-state index is 0.0867. The molecule has 0 saturated heterocycles. The number of thiophene rings is 1. The molecule has 0 unspecified atom stereocenters. The average molecular weight is 395 g/mol. The molecule has 142 valence electrons. The highest BCUT2D eigenvalue weighted by molar-refractivity contribution is 7.13. The summed E-state index contributed by atoms with van der Waals surface area (Å²) in [6, 6.07) is 11.6. The average Bonchev–Trinajstić information content (AvgIpc) is 3.35. The zero-order chi connectivity index (χ0) is 19.8. The SMILES string of the molecule is Cn1c(=O)c2c(ncn2CC(=O)Nc2ccc(-c3cccs3)cc2)n(C)c1=O. The number of benzene rings is 1. The molecule has 0 aliphatic carbocycles. The molecule has 8 nitrogen and oxygen atoms in total. The van der Waals surface area contributed by atoms with E-state index < -0.39 is 11.2 Å². The van der Waals surface area contributed by atoms with Crippen LogP contribution in [-0.2, 0) is 25.4 Å². The van der Waals surface area contributed by atoms with Crippen LogP contribution < -0.4 is 16.6 Å². The quantitative estimate of drug-likeness (QED) is 0.570. The van der Waals surface area contributed by atoms with E-state index >= 15 is 0 Å². The standard InChI is InChI=1S/C19H17N5O3S/c1-22-17-16(18(26)23(2)19(22)27)24(11-20-17)10-15(25)21-13-7-5-12(6-8-13)14-4-3-9-28-14/h3-9,11H,10H2,1-2H3,(H,21,25). The highest BCUT2D eigenvalue weighted by atomic mass is 32.1. The number of aromatic nitrogens is 4. The summed E-state index contributed by atoms with van der Waals surface area (Å²) in [5.41, 5.74) is 1.27. The fourth-order valence-corrected chi connectivity index (χ4v) is 3.77. The van der Waals surface area contributed by atoms with E-state index in [1.165, 1.54) is 29.6 Å². The van der Waals surface area contributed by atoms with E-state index in [4.69, 9.17) is 0 Å². The van der Waals surface area contributed by atoms with Crippen LogP contribution in [0.4, 0.5) is 5.69 Å². The maximum atomic E-state index is 12.5. The van der Waals surface area contributed by atoms with Crippen LogP contribution >= 0.6 is 11.3 Å². The van der Waals surface area contributed by atoms with Crippen LogP contribution in [-0.4, -0.2) is 24.6 Å². The third kappa shape index (κ3) is 3.05. The summed E-state index contributed by atoms with van der Waals surface area (Å²) in [5.74, 6) is -0.293. The van der Waals surface area contributed by atoms with E-state index in [1.807, 2.05) is 41.8 Å². The molecule has 0 atom stereocenters. The molecule has 1 N–H and O–H groups in total. The molecular weight excluding hydrogens is 378 g/mol. The Bertz CT molecular complexity index is 1280. The number of nitrogens with zero attached hydrogens (tertiary/aromatic N) is 4. The van der Waals surface area contributed by atoms with Crippen molar-refractivity contribution in [3.8, 4) is 10.4 Å². The molecule has 0 spiro atoms. The number of carbonyl (C=O) groups excluding carboxylic acids is 1. The largest absolute Gasteiger partial charge is 0.332 e. The fourth-order valence-electron chi connectivity index (χ4n) is 3.03. The molecule has 0 saturated carbocycles. The van der Waals surface area contributed by atoms with Crippen molar-refractivity contribution in [3.05, 3.63) is 68.9 Å². The number of fused-ring (bicyclic) bond motifs is 1. The fraction of sp³-hybridized carbons (Fsp3) is 0.158. The van der Waals surface area contributed by atoms with Gasteiger partial charge in [-0.15, -0.1) is 11.3 Å². The first-order valence-electron chi connectivity index (χ1n) is 8.50. The molecule has 3 aromatic heterocycles. The van der Waals surface area contributed by atoms with Gasteiger partial charge < -0.3 is 9.88 Å². The van der Waals surface area contributed by atoms with E-state index in [-0.39, 0.29) is 23.6 Å². The van der Waals surface area contributed by atoms with Crippen molar-refractivity contribution in [2.75, 3.05) is 5.32 Å². The number of amides is 1. The van der Waals surface area contributed by atoms with Gasteiger partial charge in [0.2, 0.25) is 5.91 Å². The van der Waals surface area contributed by atoms with Gasteiger partial charge in [0.25, 0.3) is 5.56 Å². The van der Waals surface area contributed by atoms with Crippen molar-refractivity contribution < 1.29 is 4.79 Å². The van der Waals surface area contributed by atoms with E-state index in [0.717, 1.165) is 15.0 Å². The predicted molar refractivity (Wildman–Crippen MR) is 109 cm³/mol. The second-order valence-corrected chi connectivity index (χ2v) is 7.30. The van der Waals surface area contributed by atoms with Crippen LogP contribution in [0, 0.1) is 0 Å². The lowest BCUT2D eigenvalue weighted by molar-refractivity contribution is -0.116. The molecule has 0 fully saturated rings. The third-order valence-corrected chi connectivity index (χ3v) is 5.42. The summed E-state index contributed by atoms with van der Waals surface area (Å²) in [6.45, 7) is -0.0867. The van der Waals surface area contributed by atoms with Gasteiger partial charge in [-0.25, -0.2) is 9.78 Å². The topological polar surface area (TPSA) is 90.9 Å². The van der Waals surface area contributed by atoms with Crippen molar-refractivity contribution in [2.45, 2.75) is 6.54 Å². The molecule has 0 bridgehead atoms. The first kappa shape index (κ1) is 17.9. The lowest BCUT2D eigenvalue weighted by atomic mass is 10.2. The monoisotopic (exact) mass is 395 g/mol. The minimum atomic E-state index is -0.483. The summed E-state index contributed by atoms with van der Waals surface area (Å²) in [5, 5.41) is 4.83. The first-order valence-corrected chi connectivity index (χ1v) is 9.38. The van der Waals surface area contributed by atoms with Gasteiger partial charge in [0.15, 0.2) is 11.2 Å². The highest BCUT2D eigenvalue weighted by Crippen LogP contribution is 2.25. The number of anilines is 1. The van der Waals surface area contributed by atoms with Gasteiger partial charge in [-0.3, -0.25) is 18.7 Å². The first-order chi connectivity index (χ1) is 13.5. The summed E-state index contributed by atoms with van der Waals surface area (Å²) in [7, 11) is 2.94. The Balaban J connectivity index is 1.56. The number of nitrogens with one attached hydrogen (secondary N) is 1. The van der Waals surface area contributed by atoms with Crippen molar-refractivity contribution in [1.29, 1.82) is 0 Å². The normalized spacial score (nSPS) is 11.1. The summed E-state index contributed by atoms with van der Waals surface area (Å²) in [6.07, 6.45) is 1.39. The van der Waals surface area contributed by atoms with Gasteiger partial charge >= 0.3 is 5.69 Å². The molecular formula is C19H17N5O3S. The van der Waals surface area contributed by atoms with E-state index in [1.54, 1.807) is 11.3 Å². The Morgan fingerprint density at radius 1 is 1.11 bits per heavy atom. The smallest absolute Gasteiger partial charge is 0.325 e. The molecule has 0 radical (unpaired) electrons. The Labute approximate surface area is 163 Å². The van der Waals surface area contributed by atoms with Crippen molar-refractivity contribution in [3.63, 3.8) is 0 Å². The number of carbonyl (C=O) groups is 1. The zero-order valence-corrected chi connectivity index (χ0v) is 16.1. The summed E-state index contributed by atoms with van der Waals surface area (Å²) >= 11 is 1.65. The lowest BCUT2D eigenvalue weighted by Crippen LogP contribution is -2.37. The van der Waals surface area contributed by atoms with Crippen molar-refractivity contribution >= 4 is 34.1 Å². The van der Waals surface area contributed by atoms with Gasteiger partial charge in [0, 0.05) is 24.7 Å². The maximum absolute atomic E-state index is 12.5. The van der Waals surface area contributed by atoms with Gasteiger partial charge in [-0.2, -0.15) is 0 Å². The molecule has 0 aliphatic heterocycles. The molecule has 4 aromatic rings. The van der Waals surface area contributed by atoms with Gasteiger partial charge in [-0.1, -0.05) is 18.2 Å². The number of imidazole rings is 1. The van der Waals surface area contributed by atoms with Crippen LogP contribution in [0.5, 0.6) is 0 Å². The maximum Gasteiger partial charge on any atom is 0.332 e. The molecule has 1 aromatic carbocycles. The summed E-state index contributed by atoms with van der Waals surface area (Å²) < 4.78 is 3.74. The Kier molecular flexibility index (Phi) is 4.44. The number of rotatable bonds is 4. The molecule has 1 amide bonds. The van der Waals surface area contributed by atoms with Crippen LogP contribution in [0.25, 0.3) is 21.6 Å². The van der Waals surface area contributed by atoms with Crippen molar-refractivity contribution in [2.24, 2.45) is 14.1 Å². The molecule has 28 heavy (non-hydrogen) atoms. The van der Waals surface area contributed by atoms with E-state index in [0.29, 0.717) is 5.69 Å².